The lowest BCUT2D eigenvalue weighted by atomic mass is 9.76. The predicted molar refractivity (Wildman–Crippen MR) is 105 cm³/mol. The van der Waals surface area contributed by atoms with Crippen LogP contribution in [0.15, 0.2) is 42.5 Å². The molecule has 2 N–H and O–H groups in total. The lowest BCUT2D eigenvalue weighted by molar-refractivity contribution is 0.411. The number of fused-ring (bicyclic) bond motifs is 1. The molecule has 2 atom stereocenters. The summed E-state index contributed by atoms with van der Waals surface area (Å²) in [4.78, 5) is 0. The van der Waals surface area contributed by atoms with E-state index in [0.29, 0.717) is 17.6 Å². The van der Waals surface area contributed by atoms with Crippen molar-refractivity contribution < 1.29 is 9.84 Å². The van der Waals surface area contributed by atoms with Crippen LogP contribution >= 0.6 is 12.4 Å². The molecule has 0 heterocycles. The van der Waals surface area contributed by atoms with E-state index in [1.54, 1.807) is 13.2 Å². The molecule has 2 aromatic carbocycles. The summed E-state index contributed by atoms with van der Waals surface area (Å²) in [7, 11) is 3.72. The van der Waals surface area contributed by atoms with Crippen molar-refractivity contribution in [1.82, 2.24) is 5.32 Å². The number of halogens is 1. The van der Waals surface area contributed by atoms with Gasteiger partial charge in [-0.05, 0) is 85.5 Å². The zero-order chi connectivity index (χ0) is 16.9. The van der Waals surface area contributed by atoms with Crippen molar-refractivity contribution in [3.8, 4) is 11.5 Å². The second-order valence-corrected chi connectivity index (χ2v) is 6.74. The first-order chi connectivity index (χ1) is 11.7. The number of likely N-dealkylation sites (N-methyl/N-ethyl adjacent to an activating group) is 1. The van der Waals surface area contributed by atoms with Crippen molar-refractivity contribution in [2.24, 2.45) is 0 Å². The Morgan fingerprint density at radius 2 is 2.08 bits per heavy atom. The number of nitrogens with one attached hydrogen (secondary N) is 1. The lowest BCUT2D eigenvalue weighted by Crippen LogP contribution is -2.21. The maximum Gasteiger partial charge on any atom is 0.119 e. The Labute approximate surface area is 156 Å². The van der Waals surface area contributed by atoms with E-state index in [0.717, 1.165) is 25.1 Å². The molecule has 0 bridgehead atoms. The minimum atomic E-state index is 0. The summed E-state index contributed by atoms with van der Waals surface area (Å²) in [6, 6.07) is 14.2. The summed E-state index contributed by atoms with van der Waals surface area (Å²) in [5.74, 6) is 2.28. The average Bonchev–Trinajstić information content (AvgIpc) is 2.61. The van der Waals surface area contributed by atoms with Crippen LogP contribution in [0.25, 0.3) is 0 Å². The molecule has 136 valence electrons. The maximum absolute atomic E-state index is 9.82. The Morgan fingerprint density at radius 1 is 1.24 bits per heavy atom. The first-order valence-corrected chi connectivity index (χ1v) is 8.81. The van der Waals surface area contributed by atoms with Gasteiger partial charge in [0.05, 0.1) is 7.11 Å². The molecular weight excluding hydrogens is 334 g/mol. The second-order valence-electron chi connectivity index (χ2n) is 6.74. The zero-order valence-corrected chi connectivity index (χ0v) is 15.8. The van der Waals surface area contributed by atoms with Crippen molar-refractivity contribution >= 4 is 12.4 Å². The fourth-order valence-electron chi connectivity index (χ4n) is 3.97. The van der Waals surface area contributed by atoms with Gasteiger partial charge in [0.1, 0.15) is 11.5 Å². The molecule has 0 saturated heterocycles. The average molecular weight is 362 g/mol. The van der Waals surface area contributed by atoms with Crippen LogP contribution in [-0.4, -0.2) is 25.8 Å². The Morgan fingerprint density at radius 3 is 2.80 bits per heavy atom. The minimum absolute atomic E-state index is 0. The third-order valence-corrected chi connectivity index (χ3v) is 5.15. The molecule has 25 heavy (non-hydrogen) atoms. The quantitative estimate of drug-likeness (QED) is 0.787. The number of phenolic OH excluding ortho intramolecular Hbond substituents is 1. The first-order valence-electron chi connectivity index (χ1n) is 8.81. The fourth-order valence-corrected chi connectivity index (χ4v) is 3.97. The highest BCUT2D eigenvalue weighted by atomic mass is 35.5. The second kappa shape index (κ2) is 9.12. The molecule has 3 rings (SSSR count). The van der Waals surface area contributed by atoms with Crippen molar-refractivity contribution in [2.45, 2.75) is 37.5 Å². The van der Waals surface area contributed by atoms with Crippen LogP contribution in [0.1, 0.15) is 47.8 Å². The number of benzene rings is 2. The molecule has 0 saturated carbocycles. The summed E-state index contributed by atoms with van der Waals surface area (Å²) >= 11 is 0. The van der Waals surface area contributed by atoms with E-state index in [4.69, 9.17) is 4.74 Å². The van der Waals surface area contributed by atoms with Crippen LogP contribution in [-0.2, 0) is 6.42 Å². The SMILES string of the molecule is CNCC(CC1CCCc2cc(OC)ccc21)c1cccc(O)c1.Cl. The third kappa shape index (κ3) is 4.68. The van der Waals surface area contributed by atoms with Crippen LogP contribution in [0.5, 0.6) is 11.5 Å². The molecule has 2 unspecified atom stereocenters. The highest BCUT2D eigenvalue weighted by Gasteiger charge is 2.24. The lowest BCUT2D eigenvalue weighted by Gasteiger charge is -2.29. The van der Waals surface area contributed by atoms with Crippen molar-refractivity contribution in [1.29, 1.82) is 0 Å². The van der Waals surface area contributed by atoms with E-state index in [1.807, 2.05) is 19.2 Å². The predicted octanol–water partition coefficient (Wildman–Crippen LogP) is 4.64. The largest absolute Gasteiger partial charge is 0.508 e. The van der Waals surface area contributed by atoms with Crippen molar-refractivity contribution in [2.75, 3.05) is 20.7 Å². The molecule has 0 aliphatic heterocycles. The molecule has 2 aromatic rings. The Bertz CT molecular complexity index is 689. The van der Waals surface area contributed by atoms with Gasteiger partial charge in [-0.15, -0.1) is 12.4 Å². The maximum atomic E-state index is 9.82. The summed E-state index contributed by atoms with van der Waals surface area (Å²) in [6.07, 6.45) is 4.71. The van der Waals surface area contributed by atoms with E-state index < -0.39 is 0 Å². The number of ether oxygens (including phenoxy) is 1. The van der Waals surface area contributed by atoms with Crippen LogP contribution in [0.3, 0.4) is 0 Å². The van der Waals surface area contributed by atoms with E-state index >= 15 is 0 Å². The molecule has 0 radical (unpaired) electrons. The van der Waals surface area contributed by atoms with Gasteiger partial charge in [0.2, 0.25) is 0 Å². The van der Waals surface area contributed by atoms with E-state index in [-0.39, 0.29) is 12.4 Å². The van der Waals surface area contributed by atoms with Crippen LogP contribution in [0, 0.1) is 0 Å². The van der Waals surface area contributed by atoms with Gasteiger partial charge >= 0.3 is 0 Å². The topological polar surface area (TPSA) is 41.5 Å². The first kappa shape index (κ1) is 19.6. The molecular formula is C21H28ClNO2. The minimum Gasteiger partial charge on any atom is -0.508 e. The Balaban J connectivity index is 0.00000225. The van der Waals surface area contributed by atoms with Gasteiger partial charge in [-0.25, -0.2) is 0 Å². The van der Waals surface area contributed by atoms with Gasteiger partial charge in [0.15, 0.2) is 0 Å². The number of aryl methyl sites for hydroxylation is 1. The monoisotopic (exact) mass is 361 g/mol. The summed E-state index contributed by atoms with van der Waals surface area (Å²) in [6.45, 7) is 0.922. The molecule has 3 nitrogen and oxygen atoms in total. The highest BCUT2D eigenvalue weighted by molar-refractivity contribution is 5.85. The third-order valence-electron chi connectivity index (χ3n) is 5.15. The van der Waals surface area contributed by atoms with Gasteiger partial charge in [0.25, 0.3) is 0 Å². The molecule has 0 amide bonds. The van der Waals surface area contributed by atoms with Crippen molar-refractivity contribution in [3.05, 3.63) is 59.2 Å². The summed E-state index contributed by atoms with van der Waals surface area (Å²) in [5.41, 5.74) is 4.12. The van der Waals surface area contributed by atoms with Gasteiger partial charge in [-0.2, -0.15) is 0 Å². The van der Waals surface area contributed by atoms with E-state index in [1.165, 1.54) is 29.5 Å². The zero-order valence-electron chi connectivity index (χ0n) is 15.0. The van der Waals surface area contributed by atoms with Crippen LogP contribution in [0.4, 0.5) is 0 Å². The molecule has 0 fully saturated rings. The smallest absolute Gasteiger partial charge is 0.119 e. The molecule has 1 aliphatic carbocycles. The van der Waals surface area contributed by atoms with Gasteiger partial charge < -0.3 is 15.2 Å². The van der Waals surface area contributed by atoms with Gasteiger partial charge in [-0.1, -0.05) is 18.2 Å². The van der Waals surface area contributed by atoms with E-state index in [9.17, 15) is 5.11 Å². The molecule has 4 heteroatoms. The molecule has 0 aromatic heterocycles. The number of hydrogen-bond donors (Lipinski definition) is 2. The Kier molecular flexibility index (Phi) is 7.15. The van der Waals surface area contributed by atoms with Gasteiger partial charge in [0, 0.05) is 6.54 Å². The number of hydrogen-bond acceptors (Lipinski definition) is 3. The standard InChI is InChI=1S/C21H27NO2.ClH/c1-22-14-18(15-5-4-8-19(23)12-15)11-16-6-3-7-17-13-20(24-2)9-10-21(16)17;/h4-5,8-10,12-13,16,18,22-23H,3,6-7,11,14H2,1-2H3;1H. The number of rotatable bonds is 6. The number of methoxy groups -OCH3 is 1. The van der Waals surface area contributed by atoms with E-state index in [2.05, 4.69) is 29.6 Å². The molecule has 1 aliphatic rings. The van der Waals surface area contributed by atoms with Gasteiger partial charge in [-0.3, -0.25) is 0 Å². The van der Waals surface area contributed by atoms with Crippen LogP contribution in [0.2, 0.25) is 0 Å². The normalized spacial score (nSPS) is 17.3. The fraction of sp³-hybridized carbons (Fsp3) is 0.429. The highest BCUT2D eigenvalue weighted by Crippen LogP contribution is 2.40. The summed E-state index contributed by atoms with van der Waals surface area (Å²) < 4.78 is 5.38. The summed E-state index contributed by atoms with van der Waals surface area (Å²) in [5, 5.41) is 13.1. The Hall–Kier alpha value is -1.71. The number of phenols is 1. The number of aromatic hydroxyl groups is 1. The van der Waals surface area contributed by atoms with Crippen molar-refractivity contribution in [3.63, 3.8) is 0 Å². The van der Waals surface area contributed by atoms with Crippen LogP contribution < -0.4 is 10.1 Å². The molecule has 0 spiro atoms.